The van der Waals surface area contributed by atoms with E-state index in [-0.39, 0.29) is 5.92 Å². The molecule has 132 valence electrons. The van der Waals surface area contributed by atoms with Gasteiger partial charge in [0.25, 0.3) is 0 Å². The van der Waals surface area contributed by atoms with E-state index in [1.165, 1.54) is 31.2 Å². The Morgan fingerprint density at radius 1 is 1.08 bits per heavy atom. The van der Waals surface area contributed by atoms with Crippen molar-refractivity contribution in [3.63, 3.8) is 0 Å². The van der Waals surface area contributed by atoms with Gasteiger partial charge in [-0.2, -0.15) is 0 Å². The summed E-state index contributed by atoms with van der Waals surface area (Å²) in [4.78, 5) is 17.7. The molecule has 3 aliphatic heterocycles. The standard InChI is InChI=1S/C21H26N2O2/c24-21-18-5-6-19(23(21)12-15-2-1-3-15)14-22(13-18)11-16-4-7-20-17(10-16)8-9-25-20/h4,7-10,15,18-19H,1-3,5-6,11-14H2/t18-,19+/m0/s1. The van der Waals surface area contributed by atoms with Crippen LogP contribution >= 0.6 is 0 Å². The summed E-state index contributed by atoms with van der Waals surface area (Å²) in [7, 11) is 0. The van der Waals surface area contributed by atoms with E-state index >= 15 is 0 Å². The Bertz CT molecular complexity index is 779. The van der Waals surface area contributed by atoms with Gasteiger partial charge in [-0.3, -0.25) is 9.69 Å². The zero-order valence-electron chi connectivity index (χ0n) is 14.7. The normalized spacial score (nSPS) is 27.7. The SMILES string of the molecule is O=C1[C@H]2CC[C@H](CN(Cc3ccc4occc4c3)C2)N1CC1CCC1. The minimum Gasteiger partial charge on any atom is -0.464 e. The van der Waals surface area contributed by atoms with Crippen molar-refractivity contribution in [1.29, 1.82) is 0 Å². The van der Waals surface area contributed by atoms with Gasteiger partial charge in [0.1, 0.15) is 5.58 Å². The molecule has 4 nitrogen and oxygen atoms in total. The Balaban J connectivity index is 1.32. The predicted molar refractivity (Wildman–Crippen MR) is 97.1 cm³/mol. The third kappa shape index (κ3) is 2.86. The minimum absolute atomic E-state index is 0.205. The van der Waals surface area contributed by atoms with Crippen LogP contribution in [0.3, 0.4) is 0 Å². The van der Waals surface area contributed by atoms with E-state index in [9.17, 15) is 4.79 Å². The highest BCUT2D eigenvalue weighted by Crippen LogP contribution is 2.34. The molecule has 1 aromatic carbocycles. The number of amides is 1. The van der Waals surface area contributed by atoms with E-state index < -0.39 is 0 Å². The molecule has 0 N–H and O–H groups in total. The molecule has 1 aromatic heterocycles. The van der Waals surface area contributed by atoms with Crippen LogP contribution in [0.25, 0.3) is 11.0 Å². The van der Waals surface area contributed by atoms with E-state index in [4.69, 9.17) is 4.42 Å². The monoisotopic (exact) mass is 338 g/mol. The summed E-state index contributed by atoms with van der Waals surface area (Å²) in [6, 6.07) is 8.89. The average molecular weight is 338 g/mol. The van der Waals surface area contributed by atoms with Gasteiger partial charge < -0.3 is 9.32 Å². The molecule has 4 aliphatic rings. The van der Waals surface area contributed by atoms with Crippen LogP contribution in [0.5, 0.6) is 0 Å². The van der Waals surface area contributed by atoms with E-state index in [2.05, 4.69) is 28.0 Å². The van der Waals surface area contributed by atoms with E-state index in [1.54, 1.807) is 6.26 Å². The number of fused-ring (bicyclic) bond motifs is 5. The minimum atomic E-state index is 0.205. The molecule has 4 heterocycles. The van der Waals surface area contributed by atoms with Crippen molar-refractivity contribution in [2.75, 3.05) is 19.6 Å². The molecule has 0 spiro atoms. The highest BCUT2D eigenvalue weighted by Gasteiger charge is 2.41. The second kappa shape index (κ2) is 6.17. The summed E-state index contributed by atoms with van der Waals surface area (Å²) in [5.41, 5.74) is 2.26. The highest BCUT2D eigenvalue weighted by atomic mass is 16.3. The van der Waals surface area contributed by atoms with Crippen LogP contribution < -0.4 is 0 Å². The number of nitrogens with zero attached hydrogens (tertiary/aromatic N) is 2. The number of furan rings is 1. The molecular weight excluding hydrogens is 312 g/mol. The van der Waals surface area contributed by atoms with Crippen molar-refractivity contribution in [2.45, 2.75) is 44.7 Å². The number of hydrogen-bond donors (Lipinski definition) is 0. The first-order valence-corrected chi connectivity index (χ1v) is 9.75. The van der Waals surface area contributed by atoms with Crippen molar-refractivity contribution in [1.82, 2.24) is 9.80 Å². The molecule has 6 rings (SSSR count). The van der Waals surface area contributed by atoms with Crippen molar-refractivity contribution in [3.8, 4) is 0 Å². The van der Waals surface area contributed by atoms with Crippen LogP contribution in [0, 0.1) is 11.8 Å². The molecule has 4 heteroatoms. The third-order valence-electron chi connectivity index (χ3n) is 6.47. The molecule has 2 bridgehead atoms. The number of carbonyl (C=O) groups is 1. The number of rotatable bonds is 4. The molecule has 1 aliphatic carbocycles. The molecule has 4 fully saturated rings. The summed E-state index contributed by atoms with van der Waals surface area (Å²) < 4.78 is 5.44. The van der Waals surface area contributed by atoms with Gasteiger partial charge in [0.05, 0.1) is 12.2 Å². The third-order valence-corrected chi connectivity index (χ3v) is 6.47. The molecule has 2 aromatic rings. The fourth-order valence-electron chi connectivity index (χ4n) is 4.83. The van der Waals surface area contributed by atoms with E-state index in [1.807, 2.05) is 6.07 Å². The van der Waals surface area contributed by atoms with Gasteiger partial charge in [-0.15, -0.1) is 0 Å². The lowest BCUT2D eigenvalue weighted by atomic mass is 9.83. The Hall–Kier alpha value is -1.81. The maximum Gasteiger partial charge on any atom is 0.227 e. The van der Waals surface area contributed by atoms with Gasteiger partial charge >= 0.3 is 0 Å². The predicted octanol–water partition coefficient (Wildman–Crippen LogP) is 3.66. The van der Waals surface area contributed by atoms with Crippen LogP contribution in [0.1, 0.15) is 37.7 Å². The fourth-order valence-corrected chi connectivity index (χ4v) is 4.83. The smallest absolute Gasteiger partial charge is 0.227 e. The van der Waals surface area contributed by atoms with Crippen LogP contribution in [-0.2, 0) is 11.3 Å². The molecule has 3 saturated heterocycles. The van der Waals surface area contributed by atoms with Gasteiger partial charge in [0.15, 0.2) is 0 Å². The van der Waals surface area contributed by atoms with Gasteiger partial charge in [-0.1, -0.05) is 12.5 Å². The summed E-state index contributed by atoms with van der Waals surface area (Å²) in [6.45, 7) is 3.88. The van der Waals surface area contributed by atoms with E-state index in [0.717, 1.165) is 49.5 Å². The van der Waals surface area contributed by atoms with Gasteiger partial charge in [0.2, 0.25) is 5.91 Å². The lowest BCUT2D eigenvalue weighted by Gasteiger charge is -2.40. The second-order valence-electron chi connectivity index (χ2n) is 8.20. The van der Waals surface area contributed by atoms with Gasteiger partial charge in [-0.05, 0) is 55.4 Å². The fraction of sp³-hybridized carbons (Fsp3) is 0.571. The first-order valence-electron chi connectivity index (χ1n) is 9.75. The van der Waals surface area contributed by atoms with Crippen molar-refractivity contribution < 1.29 is 9.21 Å². The van der Waals surface area contributed by atoms with Crippen LogP contribution in [0.2, 0.25) is 0 Å². The Labute approximate surface area is 148 Å². The molecule has 1 saturated carbocycles. The van der Waals surface area contributed by atoms with Crippen molar-refractivity contribution in [3.05, 3.63) is 36.1 Å². The molecular formula is C21H26N2O2. The van der Waals surface area contributed by atoms with Crippen LogP contribution in [0.4, 0.5) is 0 Å². The van der Waals surface area contributed by atoms with Crippen LogP contribution in [-0.4, -0.2) is 41.4 Å². The quantitative estimate of drug-likeness (QED) is 0.854. The largest absolute Gasteiger partial charge is 0.464 e. The maximum atomic E-state index is 12.9. The van der Waals surface area contributed by atoms with Gasteiger partial charge in [-0.25, -0.2) is 0 Å². The maximum absolute atomic E-state index is 12.9. The second-order valence-corrected chi connectivity index (χ2v) is 8.20. The summed E-state index contributed by atoms with van der Waals surface area (Å²) in [5.74, 6) is 1.40. The molecule has 0 unspecified atom stereocenters. The summed E-state index contributed by atoms with van der Waals surface area (Å²) >= 11 is 0. The summed E-state index contributed by atoms with van der Waals surface area (Å²) in [6.07, 6.45) is 7.98. The number of benzene rings is 1. The van der Waals surface area contributed by atoms with Crippen molar-refractivity contribution >= 4 is 16.9 Å². The molecule has 1 amide bonds. The number of carbonyl (C=O) groups excluding carboxylic acids is 1. The zero-order valence-corrected chi connectivity index (χ0v) is 14.7. The lowest BCUT2D eigenvalue weighted by Crippen LogP contribution is -2.50. The van der Waals surface area contributed by atoms with Crippen molar-refractivity contribution in [2.24, 2.45) is 11.8 Å². The summed E-state index contributed by atoms with van der Waals surface area (Å²) in [5, 5.41) is 1.16. The molecule has 0 radical (unpaired) electrons. The average Bonchev–Trinajstić information content (AvgIpc) is 2.88. The molecule has 25 heavy (non-hydrogen) atoms. The van der Waals surface area contributed by atoms with E-state index in [0.29, 0.717) is 11.9 Å². The Morgan fingerprint density at radius 3 is 2.84 bits per heavy atom. The molecule has 2 atom stereocenters. The van der Waals surface area contributed by atoms with Gasteiger partial charge in [0, 0.05) is 37.6 Å². The highest BCUT2D eigenvalue weighted by molar-refractivity contribution is 5.80. The number of hydrogen-bond acceptors (Lipinski definition) is 3. The number of piperidine rings is 1. The Kier molecular flexibility index (Phi) is 3.81. The lowest BCUT2D eigenvalue weighted by molar-refractivity contribution is -0.141. The first-order chi connectivity index (χ1) is 12.3. The Morgan fingerprint density at radius 2 is 2.00 bits per heavy atom. The topological polar surface area (TPSA) is 36.7 Å². The van der Waals surface area contributed by atoms with Crippen LogP contribution in [0.15, 0.2) is 34.9 Å². The zero-order chi connectivity index (χ0) is 16.8. The first kappa shape index (κ1) is 15.4.